The van der Waals surface area contributed by atoms with Gasteiger partial charge in [0.25, 0.3) is 0 Å². The maximum Gasteiger partial charge on any atom is 0.244 e. The van der Waals surface area contributed by atoms with Crippen molar-refractivity contribution in [3.05, 3.63) is 30.2 Å². The number of ether oxygens (including phenoxy) is 1. The number of nitrogens with zero attached hydrogens (tertiary/aromatic N) is 2. The van der Waals surface area contributed by atoms with Crippen LogP contribution in [0.1, 0.15) is 44.0 Å². The summed E-state index contributed by atoms with van der Waals surface area (Å²) in [7, 11) is 1.66. The quantitative estimate of drug-likeness (QED) is 0.925. The van der Waals surface area contributed by atoms with Gasteiger partial charge >= 0.3 is 0 Å². The lowest BCUT2D eigenvalue weighted by Crippen LogP contribution is -2.30. The van der Waals surface area contributed by atoms with E-state index in [0.29, 0.717) is 11.9 Å². The fourth-order valence-corrected chi connectivity index (χ4v) is 3.74. The minimum absolute atomic E-state index is 0. The van der Waals surface area contributed by atoms with Gasteiger partial charge < -0.3 is 14.6 Å². The molecule has 2 fully saturated rings. The first-order valence-electron chi connectivity index (χ1n) is 8.07. The van der Waals surface area contributed by atoms with Crippen LogP contribution in [0.5, 0.6) is 5.75 Å². The number of methoxy groups -OCH3 is 1. The van der Waals surface area contributed by atoms with Crippen LogP contribution in [0.4, 0.5) is 0 Å². The molecule has 1 saturated heterocycles. The van der Waals surface area contributed by atoms with Gasteiger partial charge in [-0.15, -0.1) is 12.4 Å². The van der Waals surface area contributed by atoms with Crippen molar-refractivity contribution in [2.45, 2.75) is 44.2 Å². The Bertz CT molecular complexity index is 630. The second-order valence-corrected chi connectivity index (χ2v) is 6.29. The number of hydrogen-bond acceptors (Lipinski definition) is 5. The summed E-state index contributed by atoms with van der Waals surface area (Å²) in [5.74, 6) is 2.97. The van der Waals surface area contributed by atoms with Crippen LogP contribution in [0.25, 0.3) is 11.4 Å². The van der Waals surface area contributed by atoms with E-state index in [-0.39, 0.29) is 18.4 Å². The van der Waals surface area contributed by atoms with Crippen molar-refractivity contribution in [3.8, 4) is 17.1 Å². The fraction of sp³-hybridized carbons (Fsp3) is 0.529. The third-order valence-electron chi connectivity index (χ3n) is 4.95. The summed E-state index contributed by atoms with van der Waals surface area (Å²) >= 11 is 0. The van der Waals surface area contributed by atoms with E-state index < -0.39 is 0 Å². The SMILES string of the molecule is COc1ccc(-c2noc(C3CC4CCCCC4N3)n2)cc1.Cl. The highest BCUT2D eigenvalue weighted by Crippen LogP contribution is 2.38. The maximum absolute atomic E-state index is 5.51. The van der Waals surface area contributed by atoms with Gasteiger partial charge in [0.05, 0.1) is 13.2 Å². The van der Waals surface area contributed by atoms with Crippen molar-refractivity contribution in [2.75, 3.05) is 7.11 Å². The molecule has 1 N–H and O–H groups in total. The molecule has 1 saturated carbocycles. The standard InChI is InChI=1S/C17H21N3O2.ClH/c1-21-13-8-6-11(7-9-13)16-19-17(22-20-16)15-10-12-4-2-3-5-14(12)18-15;/h6-9,12,14-15,18H,2-5,10H2,1H3;1H. The first-order chi connectivity index (χ1) is 10.8. The predicted octanol–water partition coefficient (Wildman–Crippen LogP) is 3.76. The van der Waals surface area contributed by atoms with Crippen LogP contribution in [0, 0.1) is 5.92 Å². The monoisotopic (exact) mass is 335 g/mol. The lowest BCUT2D eigenvalue weighted by Gasteiger charge is -2.24. The zero-order valence-corrected chi connectivity index (χ0v) is 14.0. The van der Waals surface area contributed by atoms with Crippen molar-refractivity contribution in [2.24, 2.45) is 5.92 Å². The molecule has 124 valence electrons. The van der Waals surface area contributed by atoms with E-state index in [1.54, 1.807) is 7.11 Å². The third kappa shape index (κ3) is 3.21. The van der Waals surface area contributed by atoms with Gasteiger partial charge in [-0.2, -0.15) is 4.98 Å². The molecule has 1 aliphatic heterocycles. The van der Waals surface area contributed by atoms with E-state index >= 15 is 0 Å². The molecule has 0 spiro atoms. The van der Waals surface area contributed by atoms with Gasteiger partial charge in [-0.1, -0.05) is 18.0 Å². The third-order valence-corrected chi connectivity index (χ3v) is 4.95. The topological polar surface area (TPSA) is 60.2 Å². The van der Waals surface area contributed by atoms with Crippen LogP contribution in [0.3, 0.4) is 0 Å². The van der Waals surface area contributed by atoms with E-state index in [1.165, 1.54) is 25.7 Å². The highest BCUT2D eigenvalue weighted by Gasteiger charge is 2.38. The summed E-state index contributed by atoms with van der Waals surface area (Å²) in [6.45, 7) is 0. The van der Waals surface area contributed by atoms with Crippen LogP contribution in [0.2, 0.25) is 0 Å². The zero-order valence-electron chi connectivity index (χ0n) is 13.2. The van der Waals surface area contributed by atoms with Gasteiger partial charge in [0.15, 0.2) is 0 Å². The van der Waals surface area contributed by atoms with Gasteiger partial charge in [-0.05, 0) is 49.4 Å². The minimum Gasteiger partial charge on any atom is -0.497 e. The van der Waals surface area contributed by atoms with E-state index in [4.69, 9.17) is 9.26 Å². The van der Waals surface area contributed by atoms with E-state index in [0.717, 1.165) is 29.5 Å². The summed E-state index contributed by atoms with van der Waals surface area (Å²) in [6.07, 6.45) is 6.42. The Balaban J connectivity index is 0.00000156. The predicted molar refractivity (Wildman–Crippen MR) is 89.8 cm³/mol. The largest absolute Gasteiger partial charge is 0.497 e. The van der Waals surface area contributed by atoms with Crippen LogP contribution < -0.4 is 10.1 Å². The van der Waals surface area contributed by atoms with Crippen LogP contribution in [0.15, 0.2) is 28.8 Å². The number of hydrogen-bond donors (Lipinski definition) is 1. The van der Waals surface area contributed by atoms with E-state index in [2.05, 4.69) is 15.5 Å². The Labute approximate surface area is 142 Å². The van der Waals surface area contributed by atoms with Crippen LogP contribution >= 0.6 is 12.4 Å². The molecule has 5 nitrogen and oxygen atoms in total. The summed E-state index contributed by atoms with van der Waals surface area (Å²) in [5.41, 5.74) is 0.950. The highest BCUT2D eigenvalue weighted by molar-refractivity contribution is 5.85. The molecule has 0 radical (unpaired) electrons. The van der Waals surface area contributed by atoms with E-state index in [1.807, 2.05) is 24.3 Å². The Morgan fingerprint density at radius 3 is 2.70 bits per heavy atom. The zero-order chi connectivity index (χ0) is 14.9. The number of aromatic nitrogens is 2. The second-order valence-electron chi connectivity index (χ2n) is 6.29. The number of fused-ring (bicyclic) bond motifs is 1. The number of nitrogens with one attached hydrogen (secondary N) is 1. The summed E-state index contributed by atoms with van der Waals surface area (Å²) < 4.78 is 10.7. The van der Waals surface area contributed by atoms with E-state index in [9.17, 15) is 0 Å². The summed E-state index contributed by atoms with van der Waals surface area (Å²) in [5, 5.41) is 7.81. The first kappa shape index (κ1) is 16.3. The summed E-state index contributed by atoms with van der Waals surface area (Å²) in [6, 6.07) is 8.58. The minimum atomic E-state index is 0. The number of halogens is 1. The highest BCUT2D eigenvalue weighted by atomic mass is 35.5. The molecule has 3 unspecified atom stereocenters. The molecule has 0 bridgehead atoms. The Hall–Kier alpha value is -1.59. The molecular weight excluding hydrogens is 314 g/mol. The number of benzene rings is 1. The maximum atomic E-state index is 5.51. The molecule has 4 rings (SSSR count). The van der Waals surface area contributed by atoms with Crippen LogP contribution in [-0.2, 0) is 0 Å². The Morgan fingerprint density at radius 1 is 1.17 bits per heavy atom. The van der Waals surface area contributed by atoms with Crippen molar-refractivity contribution >= 4 is 12.4 Å². The molecule has 2 aromatic rings. The lowest BCUT2D eigenvalue weighted by molar-refractivity contribution is 0.324. The molecule has 1 aliphatic carbocycles. The van der Waals surface area contributed by atoms with Crippen LogP contribution in [-0.4, -0.2) is 23.3 Å². The van der Waals surface area contributed by atoms with Crippen molar-refractivity contribution in [3.63, 3.8) is 0 Å². The Kier molecular flexibility index (Phi) is 4.87. The lowest BCUT2D eigenvalue weighted by atomic mass is 9.85. The second kappa shape index (κ2) is 6.89. The Morgan fingerprint density at radius 2 is 1.96 bits per heavy atom. The molecule has 23 heavy (non-hydrogen) atoms. The normalized spacial score (nSPS) is 26.4. The van der Waals surface area contributed by atoms with Crippen molar-refractivity contribution < 1.29 is 9.26 Å². The van der Waals surface area contributed by atoms with Gasteiger partial charge in [0, 0.05) is 11.6 Å². The van der Waals surface area contributed by atoms with Gasteiger partial charge in [-0.25, -0.2) is 0 Å². The van der Waals surface area contributed by atoms with Gasteiger partial charge in [0.1, 0.15) is 5.75 Å². The molecule has 0 amide bonds. The molecular formula is C17H22ClN3O2. The molecule has 3 atom stereocenters. The number of rotatable bonds is 3. The van der Waals surface area contributed by atoms with Gasteiger partial charge in [-0.3, -0.25) is 0 Å². The van der Waals surface area contributed by atoms with Gasteiger partial charge in [0.2, 0.25) is 11.7 Å². The van der Waals surface area contributed by atoms with Crippen molar-refractivity contribution in [1.29, 1.82) is 0 Å². The molecule has 1 aromatic carbocycles. The average molecular weight is 336 g/mol. The molecule has 1 aromatic heterocycles. The average Bonchev–Trinajstić information content (AvgIpc) is 3.21. The summed E-state index contributed by atoms with van der Waals surface area (Å²) in [4.78, 5) is 4.59. The molecule has 2 aliphatic rings. The molecule has 6 heteroatoms. The fourth-order valence-electron chi connectivity index (χ4n) is 3.74. The first-order valence-corrected chi connectivity index (χ1v) is 8.07. The van der Waals surface area contributed by atoms with Crippen molar-refractivity contribution in [1.82, 2.24) is 15.5 Å². The molecule has 2 heterocycles. The smallest absolute Gasteiger partial charge is 0.244 e.